The maximum Gasteiger partial charge on any atom is 0.0632 e. The van der Waals surface area contributed by atoms with Gasteiger partial charge in [0.15, 0.2) is 0 Å². The normalized spacial score (nSPS) is 11.2. The molecule has 1 heterocycles. The van der Waals surface area contributed by atoms with E-state index in [4.69, 9.17) is 0 Å². The van der Waals surface area contributed by atoms with Crippen molar-refractivity contribution < 1.29 is 0 Å². The Bertz CT molecular complexity index is 3650. The molecule has 0 spiro atoms. The zero-order chi connectivity index (χ0) is 45.2. The van der Waals surface area contributed by atoms with Crippen LogP contribution in [0.5, 0.6) is 0 Å². The number of fused-ring (bicyclic) bond motifs is 3. The Balaban J connectivity index is 1.12. The van der Waals surface area contributed by atoms with Crippen LogP contribution in [0.4, 0.5) is 17.1 Å². The second-order valence-electron chi connectivity index (χ2n) is 17.2. The lowest BCUT2D eigenvalue weighted by Gasteiger charge is -2.26. The molecule has 12 rings (SSSR count). The predicted molar refractivity (Wildman–Crippen MR) is 288 cm³/mol. The van der Waals surface area contributed by atoms with E-state index in [1.807, 2.05) is 0 Å². The molecule has 320 valence electrons. The molecular formula is C66H46N2. The van der Waals surface area contributed by atoms with Gasteiger partial charge in [0.25, 0.3) is 0 Å². The molecular weight excluding hydrogens is 821 g/mol. The molecule has 0 saturated heterocycles. The summed E-state index contributed by atoms with van der Waals surface area (Å²) in [6.45, 7) is 0. The summed E-state index contributed by atoms with van der Waals surface area (Å²) in [5.74, 6) is 0. The van der Waals surface area contributed by atoms with Crippen LogP contribution in [-0.2, 0) is 0 Å². The highest BCUT2D eigenvalue weighted by atomic mass is 15.1. The average molecular weight is 867 g/mol. The zero-order valence-corrected chi connectivity index (χ0v) is 37.5. The molecule has 0 amide bonds. The van der Waals surface area contributed by atoms with E-state index in [9.17, 15) is 0 Å². The van der Waals surface area contributed by atoms with Crippen molar-refractivity contribution in [1.82, 2.24) is 4.57 Å². The Morgan fingerprint density at radius 2 is 0.588 bits per heavy atom. The Kier molecular flexibility index (Phi) is 10.6. The first kappa shape index (κ1) is 40.5. The average Bonchev–Trinajstić information content (AvgIpc) is 3.76. The van der Waals surface area contributed by atoms with Gasteiger partial charge in [-0.05, 0) is 111 Å². The highest BCUT2D eigenvalue weighted by Gasteiger charge is 2.29. The molecule has 0 radical (unpaired) electrons. The van der Waals surface area contributed by atoms with Gasteiger partial charge in [0, 0.05) is 50.2 Å². The molecule has 2 nitrogen and oxygen atoms in total. The summed E-state index contributed by atoms with van der Waals surface area (Å²) in [5, 5.41) is 2.42. The van der Waals surface area contributed by atoms with Gasteiger partial charge in [0.05, 0.1) is 11.0 Å². The fourth-order valence-electron chi connectivity index (χ4n) is 10.1. The van der Waals surface area contributed by atoms with Crippen LogP contribution in [0.15, 0.2) is 279 Å². The van der Waals surface area contributed by atoms with Gasteiger partial charge < -0.3 is 9.47 Å². The van der Waals surface area contributed by atoms with Crippen LogP contribution in [0.2, 0.25) is 0 Å². The fourth-order valence-corrected chi connectivity index (χ4v) is 10.1. The molecule has 0 aliphatic carbocycles. The van der Waals surface area contributed by atoms with Gasteiger partial charge in [-0.15, -0.1) is 0 Å². The quantitative estimate of drug-likeness (QED) is 0.133. The number of para-hydroxylation sites is 2. The number of hydrogen-bond donors (Lipinski definition) is 0. The molecule has 0 N–H and O–H groups in total. The number of aromatic nitrogens is 1. The third kappa shape index (κ3) is 7.35. The van der Waals surface area contributed by atoms with Gasteiger partial charge in [0.1, 0.15) is 0 Å². The minimum atomic E-state index is 1.09. The van der Waals surface area contributed by atoms with Gasteiger partial charge in [0.2, 0.25) is 0 Å². The Labute approximate surface area is 397 Å². The van der Waals surface area contributed by atoms with Crippen LogP contribution in [-0.4, -0.2) is 4.57 Å². The Morgan fingerprint density at radius 3 is 1.07 bits per heavy atom. The number of benzene rings is 11. The molecule has 0 aliphatic heterocycles. The van der Waals surface area contributed by atoms with Crippen molar-refractivity contribution in [1.29, 1.82) is 0 Å². The SMILES string of the molecule is c1ccc(-c2ccc(N(c3ccccc3)c3ccc(-c4ccc5c(c4)c4c(-c6ccccc6)c(-c6ccccc6)c(-c6ccccc6)c(-c6ccccc6)c4n5-c4ccccc4)cc3)cc2)cc1. The monoisotopic (exact) mass is 866 g/mol. The Hall–Kier alpha value is -8.98. The molecule has 0 saturated carbocycles. The van der Waals surface area contributed by atoms with Crippen molar-refractivity contribution in [3.63, 3.8) is 0 Å². The van der Waals surface area contributed by atoms with E-state index in [0.29, 0.717) is 0 Å². The molecule has 68 heavy (non-hydrogen) atoms. The summed E-state index contributed by atoms with van der Waals surface area (Å²) in [7, 11) is 0. The summed E-state index contributed by atoms with van der Waals surface area (Å²) in [6, 6.07) is 101. The first-order valence-corrected chi connectivity index (χ1v) is 23.3. The van der Waals surface area contributed by atoms with Gasteiger partial charge in [-0.3, -0.25) is 0 Å². The lowest BCUT2D eigenvalue weighted by molar-refractivity contribution is 1.18. The topological polar surface area (TPSA) is 8.17 Å². The number of nitrogens with zero attached hydrogens (tertiary/aromatic N) is 2. The van der Waals surface area contributed by atoms with Crippen molar-refractivity contribution >= 4 is 38.9 Å². The van der Waals surface area contributed by atoms with Gasteiger partial charge in [-0.1, -0.05) is 218 Å². The second-order valence-corrected chi connectivity index (χ2v) is 17.2. The van der Waals surface area contributed by atoms with Crippen molar-refractivity contribution in [3.05, 3.63) is 279 Å². The summed E-state index contributed by atoms with van der Waals surface area (Å²) >= 11 is 0. The van der Waals surface area contributed by atoms with Crippen LogP contribution in [0, 0.1) is 0 Å². The van der Waals surface area contributed by atoms with E-state index < -0.39 is 0 Å². The van der Waals surface area contributed by atoms with E-state index in [1.165, 1.54) is 71.9 Å². The largest absolute Gasteiger partial charge is 0.311 e. The Morgan fingerprint density at radius 1 is 0.250 bits per heavy atom. The lowest BCUT2D eigenvalue weighted by atomic mass is 9.80. The number of anilines is 3. The van der Waals surface area contributed by atoms with E-state index in [-0.39, 0.29) is 0 Å². The van der Waals surface area contributed by atoms with Gasteiger partial charge in [-0.2, -0.15) is 0 Å². The van der Waals surface area contributed by atoms with Crippen LogP contribution >= 0.6 is 0 Å². The molecule has 0 unspecified atom stereocenters. The molecule has 0 fully saturated rings. The molecule has 0 bridgehead atoms. The summed E-state index contributed by atoms with van der Waals surface area (Å²) < 4.78 is 2.51. The highest BCUT2D eigenvalue weighted by Crippen LogP contribution is 2.54. The highest BCUT2D eigenvalue weighted by molar-refractivity contribution is 6.26. The minimum absolute atomic E-state index is 1.09. The lowest BCUT2D eigenvalue weighted by Crippen LogP contribution is -2.09. The van der Waals surface area contributed by atoms with Crippen molar-refractivity contribution in [3.8, 4) is 72.4 Å². The minimum Gasteiger partial charge on any atom is -0.311 e. The molecule has 1 aromatic heterocycles. The maximum atomic E-state index is 2.51. The van der Waals surface area contributed by atoms with E-state index in [0.717, 1.165) is 39.4 Å². The van der Waals surface area contributed by atoms with Gasteiger partial charge in [-0.25, -0.2) is 0 Å². The van der Waals surface area contributed by atoms with E-state index >= 15 is 0 Å². The standard InChI is InChI=1S/C66H46N2/c1-8-22-47(23-9-1)48-36-41-57(42-37-48)67(55-32-18-6-19-33-55)58-43-38-49(39-44-58)54-40-45-60-59(46-54)65-63(52-28-14-4-15-29-52)61(50-24-10-2-11-25-50)62(51-26-12-3-13-27-51)64(53-30-16-5-17-31-53)66(65)68(60)56-34-20-7-21-35-56/h1-46H. The van der Waals surface area contributed by atoms with Crippen LogP contribution < -0.4 is 4.90 Å². The van der Waals surface area contributed by atoms with Crippen LogP contribution in [0.1, 0.15) is 0 Å². The maximum absolute atomic E-state index is 2.51. The first-order valence-electron chi connectivity index (χ1n) is 23.3. The van der Waals surface area contributed by atoms with E-state index in [1.54, 1.807) is 0 Å². The number of hydrogen-bond acceptors (Lipinski definition) is 1. The van der Waals surface area contributed by atoms with Crippen molar-refractivity contribution in [2.24, 2.45) is 0 Å². The molecule has 2 heteroatoms. The third-order valence-electron chi connectivity index (χ3n) is 13.2. The summed E-state index contributed by atoms with van der Waals surface area (Å²) in [4.78, 5) is 2.34. The van der Waals surface area contributed by atoms with Crippen LogP contribution in [0.25, 0.3) is 94.3 Å². The van der Waals surface area contributed by atoms with Crippen LogP contribution in [0.3, 0.4) is 0 Å². The summed E-state index contributed by atoms with van der Waals surface area (Å²) in [6.07, 6.45) is 0. The smallest absolute Gasteiger partial charge is 0.0632 e. The van der Waals surface area contributed by atoms with E-state index in [2.05, 4.69) is 289 Å². The third-order valence-corrected chi connectivity index (χ3v) is 13.2. The van der Waals surface area contributed by atoms with Crippen molar-refractivity contribution in [2.75, 3.05) is 4.90 Å². The first-order chi connectivity index (χ1) is 33.8. The molecule has 11 aromatic carbocycles. The summed E-state index contributed by atoms with van der Waals surface area (Å²) in [5.41, 5.74) is 21.0. The predicted octanol–water partition coefficient (Wildman–Crippen LogP) is 18.3. The molecule has 12 aromatic rings. The molecule has 0 atom stereocenters. The van der Waals surface area contributed by atoms with Gasteiger partial charge >= 0.3 is 0 Å². The second kappa shape index (κ2) is 17.8. The zero-order valence-electron chi connectivity index (χ0n) is 37.5. The fraction of sp³-hybridized carbons (Fsp3) is 0. The van der Waals surface area contributed by atoms with Crippen molar-refractivity contribution in [2.45, 2.75) is 0 Å². The number of rotatable bonds is 10. The molecule has 0 aliphatic rings.